The fourth-order valence-electron chi connectivity index (χ4n) is 5.56. The van der Waals surface area contributed by atoms with E-state index in [9.17, 15) is 10.2 Å². The first kappa shape index (κ1) is 38.7. The Bertz CT molecular complexity index is 632. The van der Waals surface area contributed by atoms with Gasteiger partial charge < -0.3 is 24.4 Å². The van der Waals surface area contributed by atoms with Gasteiger partial charge in [0.1, 0.15) is 12.2 Å². The topological polar surface area (TPSA) is 68.2 Å². The minimum absolute atomic E-state index is 0.215. The van der Waals surface area contributed by atoms with Gasteiger partial charge in [-0.15, -0.1) is 0 Å². The van der Waals surface area contributed by atoms with Gasteiger partial charge in [-0.3, -0.25) is 0 Å². The van der Waals surface area contributed by atoms with Gasteiger partial charge in [0.25, 0.3) is 0 Å². The standard InChI is InChI=1S/C34H64O5S2/c1-3-5-7-9-11-13-15-17-19-21-23-25-31(40)38-30-28-37-29(27-35)33(36)34(30)39-32(41)26-24-22-20-18-16-14-12-10-8-6-4-2/h29-30,33-36H,3-28H2,1-2H3/t29-,30+,33-,34-/m1/s1. The summed E-state index contributed by atoms with van der Waals surface area (Å²) in [6.07, 6.45) is 26.8. The molecular formula is C34H64O5S2. The number of hydrogen-bond acceptors (Lipinski definition) is 7. The van der Waals surface area contributed by atoms with Crippen LogP contribution in [0.2, 0.25) is 0 Å². The van der Waals surface area contributed by atoms with E-state index in [2.05, 4.69) is 13.8 Å². The highest BCUT2D eigenvalue weighted by Gasteiger charge is 2.43. The zero-order valence-corrected chi connectivity index (χ0v) is 28.3. The van der Waals surface area contributed by atoms with Gasteiger partial charge in [-0.05, 0) is 37.3 Å². The largest absolute Gasteiger partial charge is 0.477 e. The van der Waals surface area contributed by atoms with Crippen LogP contribution in [0.5, 0.6) is 0 Å². The molecule has 242 valence electrons. The second kappa shape index (κ2) is 27.2. The molecule has 0 unspecified atom stereocenters. The maximum atomic E-state index is 10.8. The SMILES string of the molecule is CCCCCCCCCCCCCC(=S)O[C@H]1[C@H](O)[C@@H](CO)OC[C@@H]1OC(=S)CCCCCCCCCCCCC. The van der Waals surface area contributed by atoms with E-state index in [-0.39, 0.29) is 13.2 Å². The van der Waals surface area contributed by atoms with Crippen LogP contribution in [0.15, 0.2) is 0 Å². The molecule has 1 aliphatic rings. The average Bonchev–Trinajstić information content (AvgIpc) is 2.96. The van der Waals surface area contributed by atoms with Gasteiger partial charge in [0.15, 0.2) is 22.3 Å². The third-order valence-electron chi connectivity index (χ3n) is 8.26. The van der Waals surface area contributed by atoms with Crippen molar-refractivity contribution in [1.29, 1.82) is 0 Å². The summed E-state index contributed by atoms with van der Waals surface area (Å²) >= 11 is 11.1. The molecule has 1 heterocycles. The zero-order chi connectivity index (χ0) is 30.0. The lowest BCUT2D eigenvalue weighted by molar-refractivity contribution is -0.186. The fourth-order valence-corrected chi connectivity index (χ4v) is 6.08. The van der Waals surface area contributed by atoms with Crippen LogP contribution >= 0.6 is 24.4 Å². The van der Waals surface area contributed by atoms with Crippen LogP contribution in [0.1, 0.15) is 168 Å². The highest BCUT2D eigenvalue weighted by atomic mass is 32.1. The molecule has 0 aromatic carbocycles. The van der Waals surface area contributed by atoms with E-state index < -0.39 is 24.4 Å². The average molecular weight is 617 g/mol. The highest BCUT2D eigenvalue weighted by Crippen LogP contribution is 2.24. The van der Waals surface area contributed by atoms with Gasteiger partial charge in [0.05, 0.1) is 13.2 Å². The number of unbranched alkanes of at least 4 members (excludes halogenated alkanes) is 20. The maximum Gasteiger partial charge on any atom is 0.167 e. The Morgan fingerprint density at radius 3 is 1.37 bits per heavy atom. The molecule has 7 heteroatoms. The van der Waals surface area contributed by atoms with Crippen molar-refractivity contribution >= 4 is 34.5 Å². The second-order valence-corrected chi connectivity index (χ2v) is 13.0. The van der Waals surface area contributed by atoms with Crippen LogP contribution in [0.4, 0.5) is 0 Å². The number of hydrogen-bond donors (Lipinski definition) is 2. The summed E-state index contributed by atoms with van der Waals surface area (Å²) in [5.41, 5.74) is 0. The Hall–Kier alpha value is -0.340. The minimum atomic E-state index is -1.02. The van der Waals surface area contributed by atoms with E-state index in [1.807, 2.05) is 0 Å². The molecule has 41 heavy (non-hydrogen) atoms. The van der Waals surface area contributed by atoms with Crippen molar-refractivity contribution in [1.82, 2.24) is 0 Å². The van der Waals surface area contributed by atoms with Gasteiger partial charge >= 0.3 is 0 Å². The number of aliphatic hydroxyl groups excluding tert-OH is 2. The molecule has 2 N–H and O–H groups in total. The Kier molecular flexibility index (Phi) is 25.7. The molecule has 0 bridgehead atoms. The summed E-state index contributed by atoms with van der Waals surface area (Å²) in [5, 5.41) is 21.5. The lowest BCUT2D eigenvalue weighted by atomic mass is 10.00. The van der Waals surface area contributed by atoms with Gasteiger partial charge in [-0.2, -0.15) is 0 Å². The molecule has 0 aliphatic carbocycles. The van der Waals surface area contributed by atoms with E-state index in [4.69, 9.17) is 38.6 Å². The summed E-state index contributed by atoms with van der Waals surface area (Å²) in [4.78, 5) is 0. The fraction of sp³-hybridized carbons (Fsp3) is 0.941. The molecule has 1 aliphatic heterocycles. The highest BCUT2D eigenvalue weighted by molar-refractivity contribution is 7.80. The third kappa shape index (κ3) is 20.3. The first-order chi connectivity index (χ1) is 20.0. The molecule has 0 spiro atoms. The third-order valence-corrected chi connectivity index (χ3v) is 8.86. The Labute approximate surface area is 263 Å². The van der Waals surface area contributed by atoms with Crippen LogP contribution < -0.4 is 0 Å². The predicted molar refractivity (Wildman–Crippen MR) is 180 cm³/mol. The minimum Gasteiger partial charge on any atom is -0.477 e. The van der Waals surface area contributed by atoms with Crippen LogP contribution in [0, 0.1) is 0 Å². The number of aliphatic hydroxyl groups is 2. The summed E-state index contributed by atoms with van der Waals surface area (Å²) in [5.74, 6) is 0. The van der Waals surface area contributed by atoms with Crippen LogP contribution in [0.3, 0.4) is 0 Å². The molecule has 5 nitrogen and oxygen atoms in total. The van der Waals surface area contributed by atoms with Crippen LogP contribution in [0.25, 0.3) is 0 Å². The first-order valence-corrected chi connectivity index (χ1v) is 18.1. The van der Waals surface area contributed by atoms with E-state index in [0.717, 1.165) is 32.1 Å². The van der Waals surface area contributed by atoms with E-state index in [1.54, 1.807) is 0 Å². The van der Waals surface area contributed by atoms with E-state index in [0.29, 0.717) is 16.5 Å². The molecule has 0 saturated carbocycles. The molecule has 0 amide bonds. The van der Waals surface area contributed by atoms with Crippen molar-refractivity contribution in [2.75, 3.05) is 13.2 Å². The smallest absolute Gasteiger partial charge is 0.167 e. The zero-order valence-electron chi connectivity index (χ0n) is 26.6. The van der Waals surface area contributed by atoms with E-state index in [1.165, 1.54) is 116 Å². The van der Waals surface area contributed by atoms with Crippen molar-refractivity contribution in [2.24, 2.45) is 0 Å². The van der Waals surface area contributed by atoms with Crippen molar-refractivity contribution in [3.63, 3.8) is 0 Å². The molecule has 0 aromatic rings. The summed E-state index contributed by atoms with van der Waals surface area (Å²) in [6, 6.07) is 0. The molecule has 0 radical (unpaired) electrons. The number of ether oxygens (including phenoxy) is 3. The van der Waals surface area contributed by atoms with E-state index >= 15 is 0 Å². The van der Waals surface area contributed by atoms with Gasteiger partial charge in [0.2, 0.25) is 0 Å². The lowest BCUT2D eigenvalue weighted by Gasteiger charge is -2.39. The first-order valence-electron chi connectivity index (χ1n) is 17.3. The van der Waals surface area contributed by atoms with Crippen LogP contribution in [-0.2, 0) is 14.2 Å². The second-order valence-electron chi connectivity index (χ2n) is 12.1. The van der Waals surface area contributed by atoms with Crippen LogP contribution in [-0.4, -0.2) is 57.9 Å². The Balaban J connectivity index is 2.24. The Morgan fingerprint density at radius 2 is 0.976 bits per heavy atom. The van der Waals surface area contributed by atoms with Crippen molar-refractivity contribution in [3.8, 4) is 0 Å². The monoisotopic (exact) mass is 616 g/mol. The summed E-state index contributed by atoms with van der Waals surface area (Å²) in [7, 11) is 0. The maximum absolute atomic E-state index is 10.8. The van der Waals surface area contributed by atoms with Gasteiger partial charge in [-0.1, -0.05) is 142 Å². The molecular weight excluding hydrogens is 553 g/mol. The molecule has 4 atom stereocenters. The summed E-state index contributed by atoms with van der Waals surface area (Å²) < 4.78 is 17.8. The molecule has 1 saturated heterocycles. The molecule has 1 rings (SSSR count). The summed E-state index contributed by atoms with van der Waals surface area (Å²) in [6.45, 7) is 4.46. The molecule has 1 fully saturated rings. The normalized spacial score (nSPS) is 20.7. The number of thiocarbonyl (C=S) groups is 2. The quantitative estimate of drug-likeness (QED) is 0.0703. The lowest BCUT2D eigenvalue weighted by Crippen LogP contribution is -2.56. The predicted octanol–water partition coefficient (Wildman–Crippen LogP) is 9.57. The Morgan fingerprint density at radius 1 is 0.610 bits per heavy atom. The number of rotatable bonds is 27. The molecule has 0 aromatic heterocycles. The van der Waals surface area contributed by atoms with Gasteiger partial charge in [0, 0.05) is 12.8 Å². The van der Waals surface area contributed by atoms with Crippen molar-refractivity contribution in [2.45, 2.75) is 192 Å². The van der Waals surface area contributed by atoms with Crippen molar-refractivity contribution < 1.29 is 24.4 Å². The van der Waals surface area contributed by atoms with Gasteiger partial charge in [-0.25, -0.2) is 0 Å². The van der Waals surface area contributed by atoms with Crippen molar-refractivity contribution in [3.05, 3.63) is 0 Å².